The molecule has 0 amide bonds. The van der Waals surface area contributed by atoms with Crippen LogP contribution in [0.4, 0.5) is 8.78 Å². The smallest absolute Gasteiger partial charge is 0.144 e. The quantitative estimate of drug-likeness (QED) is 0.392. The van der Waals surface area contributed by atoms with Crippen molar-refractivity contribution in [3.63, 3.8) is 0 Å². The van der Waals surface area contributed by atoms with Gasteiger partial charge in [0.15, 0.2) is 0 Å². The van der Waals surface area contributed by atoms with Gasteiger partial charge in [-0.15, -0.1) is 5.10 Å². The summed E-state index contributed by atoms with van der Waals surface area (Å²) in [6.07, 6.45) is 3.36. The van der Waals surface area contributed by atoms with Crippen LogP contribution >= 0.6 is 11.6 Å². The van der Waals surface area contributed by atoms with Crippen molar-refractivity contribution in [3.05, 3.63) is 65.1 Å². The molecule has 0 aliphatic carbocycles. The highest BCUT2D eigenvalue weighted by molar-refractivity contribution is 6.31. The van der Waals surface area contributed by atoms with Crippen LogP contribution in [0.15, 0.2) is 42.7 Å². The molecule has 0 saturated heterocycles. The van der Waals surface area contributed by atoms with E-state index < -0.39 is 11.6 Å². The summed E-state index contributed by atoms with van der Waals surface area (Å²) in [5.41, 5.74) is 5.36. The van der Waals surface area contributed by atoms with Crippen LogP contribution in [0, 0.1) is 11.6 Å². The van der Waals surface area contributed by atoms with E-state index in [1.165, 1.54) is 6.07 Å². The number of hydrogen-bond donors (Lipinski definition) is 2. The SMILES string of the molecule is Fc1cc(F)c(-c2n[nH]cc2-c2ccc3ncc(-c4nnn5c4CNCC5)cc3n2)cc1Cl. The molecule has 1 aliphatic rings. The van der Waals surface area contributed by atoms with Gasteiger partial charge < -0.3 is 5.32 Å². The van der Waals surface area contributed by atoms with Crippen molar-refractivity contribution in [1.82, 2.24) is 40.5 Å². The minimum atomic E-state index is -0.830. The molecule has 5 aromatic rings. The number of H-pyrrole nitrogens is 1. The van der Waals surface area contributed by atoms with Crippen molar-refractivity contribution in [3.8, 4) is 33.8 Å². The monoisotopic (exact) mass is 464 g/mol. The van der Waals surface area contributed by atoms with E-state index in [9.17, 15) is 8.78 Å². The topological polar surface area (TPSA) is 97.2 Å². The maximum Gasteiger partial charge on any atom is 0.144 e. The zero-order valence-electron chi connectivity index (χ0n) is 17.0. The second-order valence-corrected chi connectivity index (χ2v) is 8.04. The van der Waals surface area contributed by atoms with Gasteiger partial charge >= 0.3 is 0 Å². The molecule has 2 N–H and O–H groups in total. The van der Waals surface area contributed by atoms with Gasteiger partial charge in [0.2, 0.25) is 0 Å². The molecule has 4 aromatic heterocycles. The highest BCUT2D eigenvalue weighted by Gasteiger charge is 2.20. The molecular formula is C22H15ClF2N8. The molecule has 1 aromatic carbocycles. The Morgan fingerprint density at radius 1 is 1.00 bits per heavy atom. The first-order valence-electron chi connectivity index (χ1n) is 10.2. The summed E-state index contributed by atoms with van der Waals surface area (Å²) >= 11 is 5.88. The Hall–Kier alpha value is -3.76. The van der Waals surface area contributed by atoms with E-state index in [4.69, 9.17) is 16.6 Å². The average molecular weight is 465 g/mol. The molecule has 0 bridgehead atoms. The summed E-state index contributed by atoms with van der Waals surface area (Å²) in [5, 5.41) is 18.6. The molecule has 0 unspecified atom stereocenters. The molecule has 33 heavy (non-hydrogen) atoms. The van der Waals surface area contributed by atoms with Crippen LogP contribution in [0.3, 0.4) is 0 Å². The molecule has 1 aliphatic heterocycles. The number of rotatable bonds is 3. The third-order valence-electron chi connectivity index (χ3n) is 5.62. The van der Waals surface area contributed by atoms with Crippen LogP contribution in [0.1, 0.15) is 5.69 Å². The number of hydrogen-bond acceptors (Lipinski definition) is 6. The molecule has 0 fully saturated rings. The molecule has 164 valence electrons. The van der Waals surface area contributed by atoms with Crippen LogP contribution < -0.4 is 5.32 Å². The first-order valence-corrected chi connectivity index (χ1v) is 10.6. The first kappa shape index (κ1) is 19.9. The van der Waals surface area contributed by atoms with Gasteiger partial charge in [0.25, 0.3) is 0 Å². The van der Waals surface area contributed by atoms with E-state index in [0.29, 0.717) is 28.8 Å². The Morgan fingerprint density at radius 3 is 2.82 bits per heavy atom. The number of halogens is 3. The van der Waals surface area contributed by atoms with Crippen LogP contribution in [0.2, 0.25) is 5.02 Å². The van der Waals surface area contributed by atoms with Crippen molar-refractivity contribution >= 4 is 22.6 Å². The largest absolute Gasteiger partial charge is 0.309 e. The van der Waals surface area contributed by atoms with Gasteiger partial charge in [-0.2, -0.15) is 5.10 Å². The first-order chi connectivity index (χ1) is 16.1. The minimum Gasteiger partial charge on any atom is -0.309 e. The Morgan fingerprint density at radius 2 is 1.91 bits per heavy atom. The Balaban J connectivity index is 1.45. The second kappa shape index (κ2) is 7.68. The van der Waals surface area contributed by atoms with E-state index in [0.717, 1.165) is 36.1 Å². The van der Waals surface area contributed by atoms with Gasteiger partial charge in [0.05, 0.1) is 34.0 Å². The van der Waals surface area contributed by atoms with Crippen LogP contribution in [0.5, 0.6) is 0 Å². The number of nitrogens with zero attached hydrogens (tertiary/aromatic N) is 6. The minimum absolute atomic E-state index is 0.0784. The van der Waals surface area contributed by atoms with Crippen molar-refractivity contribution in [2.24, 2.45) is 0 Å². The molecule has 0 saturated carbocycles. The van der Waals surface area contributed by atoms with Gasteiger partial charge in [0, 0.05) is 48.2 Å². The zero-order chi connectivity index (χ0) is 22.5. The van der Waals surface area contributed by atoms with Crippen LogP contribution in [0.25, 0.3) is 44.8 Å². The lowest BCUT2D eigenvalue weighted by atomic mass is 10.0. The number of nitrogens with one attached hydrogen (secondary N) is 2. The van der Waals surface area contributed by atoms with Gasteiger partial charge in [-0.05, 0) is 24.3 Å². The van der Waals surface area contributed by atoms with Crippen molar-refractivity contribution < 1.29 is 8.78 Å². The molecule has 5 heterocycles. The van der Waals surface area contributed by atoms with Crippen molar-refractivity contribution in [1.29, 1.82) is 0 Å². The fraction of sp³-hybridized carbons (Fsp3) is 0.136. The van der Waals surface area contributed by atoms with E-state index in [2.05, 4.69) is 30.8 Å². The zero-order valence-corrected chi connectivity index (χ0v) is 17.7. The molecule has 11 heteroatoms. The lowest BCUT2D eigenvalue weighted by Crippen LogP contribution is -2.28. The van der Waals surface area contributed by atoms with Gasteiger partial charge in [-0.1, -0.05) is 16.8 Å². The summed E-state index contributed by atoms with van der Waals surface area (Å²) in [6, 6.07) is 7.47. The number of aromatic nitrogens is 7. The number of pyridine rings is 2. The van der Waals surface area contributed by atoms with Gasteiger partial charge in [-0.3, -0.25) is 10.1 Å². The molecule has 0 atom stereocenters. The summed E-state index contributed by atoms with van der Waals surface area (Å²) < 4.78 is 30.0. The van der Waals surface area contributed by atoms with E-state index in [-0.39, 0.29) is 16.3 Å². The van der Waals surface area contributed by atoms with E-state index in [1.807, 2.05) is 16.8 Å². The molecule has 6 rings (SSSR count). The number of fused-ring (bicyclic) bond motifs is 2. The normalized spacial score (nSPS) is 13.4. The lowest BCUT2D eigenvalue weighted by molar-refractivity contribution is 0.468. The van der Waals surface area contributed by atoms with Crippen LogP contribution in [-0.2, 0) is 13.1 Å². The fourth-order valence-electron chi connectivity index (χ4n) is 3.98. The van der Waals surface area contributed by atoms with Gasteiger partial charge in [0.1, 0.15) is 23.0 Å². The van der Waals surface area contributed by atoms with E-state index >= 15 is 0 Å². The summed E-state index contributed by atoms with van der Waals surface area (Å²) in [4.78, 5) is 9.26. The van der Waals surface area contributed by atoms with Crippen LogP contribution in [-0.4, -0.2) is 41.7 Å². The maximum atomic E-state index is 14.5. The predicted octanol–water partition coefficient (Wildman–Crippen LogP) is 3.98. The van der Waals surface area contributed by atoms with Gasteiger partial charge in [-0.25, -0.2) is 18.4 Å². The number of benzene rings is 1. The number of aromatic amines is 1. The predicted molar refractivity (Wildman–Crippen MR) is 118 cm³/mol. The van der Waals surface area contributed by atoms with Crippen molar-refractivity contribution in [2.45, 2.75) is 13.1 Å². The summed E-state index contributed by atoms with van der Waals surface area (Å²) in [5.74, 6) is -1.59. The second-order valence-electron chi connectivity index (χ2n) is 7.64. The van der Waals surface area contributed by atoms with E-state index in [1.54, 1.807) is 18.5 Å². The molecule has 0 radical (unpaired) electrons. The standard InChI is InChI=1S/C22H15ClF2N8/c23-14-6-12(15(24)7-16(14)25)22-13(9-28-30-22)17-1-2-18-19(29-17)5-11(8-27-18)21-20-10-26-3-4-33(20)32-31-21/h1-2,5-9,26H,3-4,10H2,(H,28,30). The third kappa shape index (κ3) is 3.35. The highest BCUT2D eigenvalue weighted by atomic mass is 35.5. The maximum absolute atomic E-state index is 14.5. The highest BCUT2D eigenvalue weighted by Crippen LogP contribution is 2.34. The molecular weight excluding hydrogens is 450 g/mol. The molecule has 8 nitrogen and oxygen atoms in total. The lowest BCUT2D eigenvalue weighted by Gasteiger charge is -2.14. The average Bonchev–Trinajstić information content (AvgIpc) is 3.48. The summed E-state index contributed by atoms with van der Waals surface area (Å²) in [6.45, 7) is 2.29. The third-order valence-corrected chi connectivity index (χ3v) is 5.91. The Bertz CT molecular complexity index is 1530. The van der Waals surface area contributed by atoms with Crippen molar-refractivity contribution in [2.75, 3.05) is 6.54 Å². The Labute approximate surface area is 190 Å². The Kier molecular flexibility index (Phi) is 4.63. The fourth-order valence-corrected chi connectivity index (χ4v) is 4.15. The summed E-state index contributed by atoms with van der Waals surface area (Å²) in [7, 11) is 0. The molecule has 0 spiro atoms.